The first-order chi connectivity index (χ1) is 7.33. The highest BCUT2D eigenvalue weighted by molar-refractivity contribution is 5.75. The summed E-state index contributed by atoms with van der Waals surface area (Å²) in [5, 5.41) is 0. The molecule has 17 heavy (non-hydrogen) atoms. The lowest BCUT2D eigenvalue weighted by atomic mass is 9.90. The Bertz CT molecular complexity index is 244. The van der Waals surface area contributed by atoms with E-state index in [0.29, 0.717) is 17.6 Å². The number of carbonyl (C=O) groups is 2. The molecule has 0 heterocycles. The molecule has 0 aromatic carbocycles. The molecule has 2 N–H and O–H groups in total. The molecule has 0 atom stereocenters. The second kappa shape index (κ2) is 7.46. The van der Waals surface area contributed by atoms with Crippen LogP contribution in [0.1, 0.15) is 67.7 Å². The summed E-state index contributed by atoms with van der Waals surface area (Å²) in [6, 6.07) is 0. The van der Waals surface area contributed by atoms with Crippen LogP contribution in [-0.4, -0.2) is 11.7 Å². The lowest BCUT2D eigenvalue weighted by Crippen LogP contribution is -2.19. The monoisotopic (exact) mass is 243 g/mol. The van der Waals surface area contributed by atoms with Gasteiger partial charge in [-0.1, -0.05) is 41.5 Å². The van der Waals surface area contributed by atoms with Crippen LogP contribution in [0.15, 0.2) is 0 Å². The first-order valence-corrected chi connectivity index (χ1v) is 6.11. The Hall–Kier alpha value is -0.860. The van der Waals surface area contributed by atoms with Crippen LogP contribution in [-0.2, 0) is 9.59 Å². The van der Waals surface area contributed by atoms with Crippen molar-refractivity contribution >= 4 is 11.7 Å². The maximum atomic E-state index is 10.5. The van der Waals surface area contributed by atoms with Crippen molar-refractivity contribution in [1.29, 1.82) is 0 Å². The number of nitrogens with two attached hydrogens (primary N) is 1. The van der Waals surface area contributed by atoms with Crippen molar-refractivity contribution in [2.75, 3.05) is 0 Å². The molecule has 0 saturated heterocycles. The van der Waals surface area contributed by atoms with Crippen LogP contribution in [0.25, 0.3) is 0 Å². The van der Waals surface area contributed by atoms with Gasteiger partial charge in [-0.05, 0) is 24.2 Å². The molecule has 0 spiro atoms. The number of rotatable bonds is 3. The van der Waals surface area contributed by atoms with Gasteiger partial charge in [0.2, 0.25) is 5.91 Å². The van der Waals surface area contributed by atoms with Crippen LogP contribution < -0.4 is 5.73 Å². The average Bonchev–Trinajstić information content (AvgIpc) is 1.95. The molecule has 0 bridgehead atoms. The van der Waals surface area contributed by atoms with E-state index < -0.39 is 0 Å². The fraction of sp³-hybridized carbons (Fsp3) is 0.857. The molecule has 1 amide bonds. The van der Waals surface area contributed by atoms with E-state index in [1.165, 1.54) is 0 Å². The number of primary amides is 1. The van der Waals surface area contributed by atoms with E-state index in [9.17, 15) is 9.59 Å². The fourth-order valence-corrected chi connectivity index (χ4v) is 1.07. The van der Waals surface area contributed by atoms with Crippen molar-refractivity contribution in [2.24, 2.45) is 16.6 Å². The van der Waals surface area contributed by atoms with Gasteiger partial charge in [0.05, 0.1) is 0 Å². The Morgan fingerprint density at radius 1 is 0.941 bits per heavy atom. The molecule has 0 aliphatic heterocycles. The third-order valence-corrected chi connectivity index (χ3v) is 1.93. The van der Waals surface area contributed by atoms with Crippen molar-refractivity contribution in [1.82, 2.24) is 0 Å². The summed E-state index contributed by atoms with van der Waals surface area (Å²) in [6.07, 6.45) is 2.19. The quantitative estimate of drug-likeness (QED) is 0.826. The van der Waals surface area contributed by atoms with Crippen LogP contribution >= 0.6 is 0 Å². The second-order valence-corrected chi connectivity index (χ2v) is 6.97. The lowest BCUT2D eigenvalue weighted by Gasteiger charge is -2.15. The average molecular weight is 243 g/mol. The molecule has 0 aliphatic carbocycles. The number of ketones is 1. The van der Waals surface area contributed by atoms with Crippen LogP contribution in [0.4, 0.5) is 0 Å². The van der Waals surface area contributed by atoms with E-state index in [1.54, 1.807) is 6.92 Å². The Labute approximate surface area is 106 Å². The molecule has 3 heteroatoms. The van der Waals surface area contributed by atoms with Crippen LogP contribution in [0, 0.1) is 10.8 Å². The van der Waals surface area contributed by atoms with E-state index in [1.807, 2.05) is 20.8 Å². The largest absolute Gasteiger partial charge is 0.370 e. The van der Waals surface area contributed by atoms with Gasteiger partial charge in [0.15, 0.2) is 0 Å². The molecule has 0 aliphatic rings. The maximum Gasteiger partial charge on any atom is 0.217 e. The number of hydrogen-bond acceptors (Lipinski definition) is 2. The minimum atomic E-state index is -0.225. The number of hydrogen-bond donors (Lipinski definition) is 1. The summed E-state index contributed by atoms with van der Waals surface area (Å²) >= 11 is 0. The predicted molar refractivity (Wildman–Crippen MR) is 72.6 cm³/mol. The predicted octanol–water partition coefficient (Wildman–Crippen LogP) is 3.31. The Kier molecular flexibility index (Phi) is 8.12. The van der Waals surface area contributed by atoms with Gasteiger partial charge in [-0.15, -0.1) is 0 Å². The van der Waals surface area contributed by atoms with Crippen molar-refractivity contribution < 1.29 is 9.59 Å². The van der Waals surface area contributed by atoms with Gasteiger partial charge in [-0.2, -0.15) is 0 Å². The fourth-order valence-electron chi connectivity index (χ4n) is 1.07. The highest BCUT2D eigenvalue weighted by Crippen LogP contribution is 2.20. The van der Waals surface area contributed by atoms with E-state index in [-0.39, 0.29) is 11.3 Å². The van der Waals surface area contributed by atoms with E-state index in [4.69, 9.17) is 5.73 Å². The van der Waals surface area contributed by atoms with Crippen molar-refractivity contribution in [3.8, 4) is 0 Å². The molecule has 0 aromatic heterocycles. The third-order valence-electron chi connectivity index (χ3n) is 1.93. The van der Waals surface area contributed by atoms with E-state index in [2.05, 4.69) is 20.8 Å². The maximum absolute atomic E-state index is 10.5. The SMILES string of the molecule is CC(=O)CCC(C)(C)C.CC(C)(C)CC(N)=O. The zero-order valence-electron chi connectivity index (χ0n) is 12.5. The van der Waals surface area contributed by atoms with Crippen molar-refractivity contribution in [2.45, 2.75) is 67.7 Å². The summed E-state index contributed by atoms with van der Waals surface area (Å²) in [7, 11) is 0. The second-order valence-electron chi connectivity index (χ2n) is 6.97. The number of amides is 1. The zero-order chi connectivity index (χ0) is 14.3. The standard InChI is InChI=1S/C8H16O.C6H13NO/c1-7(9)5-6-8(2,3)4;1-6(2,3)4-5(7)8/h5-6H2,1-4H3;4H2,1-3H3,(H2,7,8). The molecule has 0 radical (unpaired) electrons. The molecule has 0 saturated carbocycles. The van der Waals surface area contributed by atoms with Crippen molar-refractivity contribution in [3.63, 3.8) is 0 Å². The molecular formula is C14H29NO2. The Balaban J connectivity index is 0. The first kappa shape index (κ1) is 18.5. The van der Waals surface area contributed by atoms with Gasteiger partial charge in [-0.3, -0.25) is 4.79 Å². The van der Waals surface area contributed by atoms with E-state index in [0.717, 1.165) is 12.8 Å². The summed E-state index contributed by atoms with van der Waals surface area (Å²) in [5.74, 6) is 0.0717. The molecule has 3 nitrogen and oxygen atoms in total. The number of carbonyl (C=O) groups excluding carboxylic acids is 2. The normalized spacial score (nSPS) is 11.5. The van der Waals surface area contributed by atoms with Gasteiger partial charge < -0.3 is 10.5 Å². The van der Waals surface area contributed by atoms with Gasteiger partial charge >= 0.3 is 0 Å². The minimum absolute atomic E-state index is 0.0475. The summed E-state index contributed by atoms with van der Waals surface area (Å²) < 4.78 is 0. The molecule has 0 fully saturated rings. The van der Waals surface area contributed by atoms with E-state index >= 15 is 0 Å². The van der Waals surface area contributed by atoms with Gasteiger partial charge in [0, 0.05) is 12.8 Å². The summed E-state index contributed by atoms with van der Waals surface area (Å²) in [5.41, 5.74) is 5.30. The zero-order valence-corrected chi connectivity index (χ0v) is 12.5. The molecule has 0 unspecified atom stereocenters. The van der Waals surface area contributed by atoms with Crippen LogP contribution in [0.3, 0.4) is 0 Å². The number of Topliss-reactive ketones (excluding diaryl/α,β-unsaturated/α-hetero) is 1. The Morgan fingerprint density at radius 3 is 1.41 bits per heavy atom. The first-order valence-electron chi connectivity index (χ1n) is 6.11. The third kappa shape index (κ3) is 25.4. The van der Waals surface area contributed by atoms with Crippen LogP contribution in [0.5, 0.6) is 0 Å². The molecular weight excluding hydrogens is 214 g/mol. The minimum Gasteiger partial charge on any atom is -0.370 e. The molecule has 0 aromatic rings. The van der Waals surface area contributed by atoms with Gasteiger partial charge in [-0.25, -0.2) is 0 Å². The lowest BCUT2D eigenvalue weighted by molar-refractivity contribution is -0.119. The van der Waals surface area contributed by atoms with Gasteiger partial charge in [0.1, 0.15) is 5.78 Å². The van der Waals surface area contributed by atoms with Crippen molar-refractivity contribution in [3.05, 3.63) is 0 Å². The molecule has 0 rings (SSSR count). The smallest absolute Gasteiger partial charge is 0.217 e. The summed E-state index contributed by atoms with van der Waals surface area (Å²) in [6.45, 7) is 14.0. The summed E-state index contributed by atoms with van der Waals surface area (Å²) in [4.78, 5) is 20.7. The van der Waals surface area contributed by atoms with Gasteiger partial charge in [0.25, 0.3) is 0 Å². The highest BCUT2D eigenvalue weighted by atomic mass is 16.1. The topological polar surface area (TPSA) is 60.2 Å². The molecule has 102 valence electrons. The highest BCUT2D eigenvalue weighted by Gasteiger charge is 2.12. The Morgan fingerprint density at radius 2 is 1.35 bits per heavy atom. The van der Waals surface area contributed by atoms with Crippen LogP contribution in [0.2, 0.25) is 0 Å².